The Hall–Kier alpha value is -0.870. The molecule has 0 aliphatic rings. The second-order valence-electron chi connectivity index (χ2n) is 2.52. The zero-order valence-corrected chi connectivity index (χ0v) is 8.97. The van der Waals surface area contributed by atoms with Gasteiger partial charge < -0.3 is 5.11 Å². The Morgan fingerprint density at radius 3 is 2.46 bits per heavy atom. The van der Waals surface area contributed by atoms with Crippen molar-refractivity contribution < 1.29 is 5.11 Å². The Morgan fingerprint density at radius 1 is 1.23 bits per heavy atom. The SMILES string of the molecule is Oc1ccc(-c2ncsc2Br)cc1. The largest absolute Gasteiger partial charge is 0.508 e. The molecule has 0 aliphatic carbocycles. The molecule has 0 amide bonds. The minimum Gasteiger partial charge on any atom is -0.508 e. The highest BCUT2D eigenvalue weighted by molar-refractivity contribution is 9.11. The highest BCUT2D eigenvalue weighted by atomic mass is 79.9. The van der Waals surface area contributed by atoms with Crippen molar-refractivity contribution in [1.29, 1.82) is 0 Å². The summed E-state index contributed by atoms with van der Waals surface area (Å²) in [6.07, 6.45) is 0. The zero-order valence-electron chi connectivity index (χ0n) is 6.57. The molecule has 66 valence electrons. The molecule has 0 fully saturated rings. The molecule has 2 nitrogen and oxygen atoms in total. The summed E-state index contributed by atoms with van der Waals surface area (Å²) >= 11 is 4.96. The number of nitrogens with zero attached hydrogens (tertiary/aromatic N) is 1. The minimum absolute atomic E-state index is 0.273. The number of rotatable bonds is 1. The van der Waals surface area contributed by atoms with Gasteiger partial charge in [0, 0.05) is 5.56 Å². The number of aromatic hydroxyl groups is 1. The quantitative estimate of drug-likeness (QED) is 0.849. The van der Waals surface area contributed by atoms with Crippen molar-refractivity contribution in [2.24, 2.45) is 0 Å². The molecule has 2 aromatic rings. The first-order chi connectivity index (χ1) is 6.27. The van der Waals surface area contributed by atoms with Crippen molar-refractivity contribution in [3.63, 3.8) is 0 Å². The average Bonchev–Trinajstić information content (AvgIpc) is 2.53. The first kappa shape index (κ1) is 8.72. The molecule has 0 radical (unpaired) electrons. The van der Waals surface area contributed by atoms with Crippen molar-refractivity contribution in [3.8, 4) is 17.0 Å². The Bertz CT molecular complexity index is 410. The summed E-state index contributed by atoms with van der Waals surface area (Å²) in [5, 5.41) is 9.09. The maximum absolute atomic E-state index is 9.09. The van der Waals surface area contributed by atoms with Gasteiger partial charge >= 0.3 is 0 Å². The average molecular weight is 256 g/mol. The molecule has 1 aromatic carbocycles. The lowest BCUT2D eigenvalue weighted by Gasteiger charge is -1.97. The molecule has 0 atom stereocenters. The Kier molecular flexibility index (Phi) is 2.33. The van der Waals surface area contributed by atoms with Crippen LogP contribution in [0.4, 0.5) is 0 Å². The molecule has 0 saturated carbocycles. The van der Waals surface area contributed by atoms with Gasteiger partial charge in [0.05, 0.1) is 15.0 Å². The summed E-state index contributed by atoms with van der Waals surface area (Å²) < 4.78 is 1.01. The number of benzene rings is 1. The van der Waals surface area contributed by atoms with Gasteiger partial charge in [-0.1, -0.05) is 0 Å². The van der Waals surface area contributed by atoms with Crippen LogP contribution in [0.1, 0.15) is 0 Å². The summed E-state index contributed by atoms with van der Waals surface area (Å²) in [7, 11) is 0. The van der Waals surface area contributed by atoms with Crippen LogP contribution >= 0.6 is 27.3 Å². The highest BCUT2D eigenvalue weighted by Gasteiger charge is 2.04. The lowest BCUT2D eigenvalue weighted by atomic mass is 10.2. The van der Waals surface area contributed by atoms with Crippen LogP contribution in [0.15, 0.2) is 33.6 Å². The Labute approximate surface area is 88.0 Å². The van der Waals surface area contributed by atoms with Gasteiger partial charge in [-0.05, 0) is 40.2 Å². The summed E-state index contributed by atoms with van der Waals surface area (Å²) in [5.41, 5.74) is 3.71. The first-order valence-electron chi connectivity index (χ1n) is 3.66. The Balaban J connectivity index is 2.47. The Morgan fingerprint density at radius 2 is 1.92 bits per heavy atom. The van der Waals surface area contributed by atoms with Crippen LogP contribution in [0.3, 0.4) is 0 Å². The van der Waals surface area contributed by atoms with Crippen LogP contribution in [-0.4, -0.2) is 10.1 Å². The zero-order chi connectivity index (χ0) is 9.26. The number of phenolic OH excluding ortho intramolecular Hbond substituents is 1. The molecule has 2 rings (SSSR count). The number of thiazole rings is 1. The topological polar surface area (TPSA) is 33.1 Å². The smallest absolute Gasteiger partial charge is 0.115 e. The second-order valence-corrected chi connectivity index (χ2v) is 4.69. The number of phenols is 1. The predicted molar refractivity (Wildman–Crippen MR) is 56.9 cm³/mol. The normalized spacial score (nSPS) is 10.2. The number of halogens is 1. The molecule has 13 heavy (non-hydrogen) atoms. The van der Waals surface area contributed by atoms with Crippen LogP contribution in [0.5, 0.6) is 5.75 Å². The lowest BCUT2D eigenvalue weighted by molar-refractivity contribution is 0.475. The maximum atomic E-state index is 9.09. The van der Waals surface area contributed by atoms with Crippen molar-refractivity contribution in [2.45, 2.75) is 0 Å². The fourth-order valence-electron chi connectivity index (χ4n) is 1.04. The van der Waals surface area contributed by atoms with Gasteiger partial charge in [0.1, 0.15) is 5.75 Å². The number of aromatic nitrogens is 1. The van der Waals surface area contributed by atoms with Crippen LogP contribution in [0.25, 0.3) is 11.3 Å². The van der Waals surface area contributed by atoms with Gasteiger partial charge in [0.15, 0.2) is 0 Å². The minimum atomic E-state index is 0.273. The molecule has 0 bridgehead atoms. The summed E-state index contributed by atoms with van der Waals surface area (Å²) in [6.45, 7) is 0. The van der Waals surface area contributed by atoms with E-state index in [0.717, 1.165) is 15.0 Å². The molecular formula is C9H6BrNOS. The van der Waals surface area contributed by atoms with Gasteiger partial charge in [-0.15, -0.1) is 11.3 Å². The van der Waals surface area contributed by atoms with E-state index in [0.29, 0.717) is 0 Å². The van der Waals surface area contributed by atoms with Crippen LogP contribution in [0, 0.1) is 0 Å². The van der Waals surface area contributed by atoms with Gasteiger partial charge in [0.25, 0.3) is 0 Å². The summed E-state index contributed by atoms with van der Waals surface area (Å²) in [6, 6.07) is 6.99. The third-order valence-corrected chi connectivity index (χ3v) is 3.21. The third kappa shape index (κ3) is 1.73. The number of hydrogen-bond acceptors (Lipinski definition) is 3. The van der Waals surface area contributed by atoms with E-state index in [2.05, 4.69) is 20.9 Å². The van der Waals surface area contributed by atoms with Gasteiger partial charge in [-0.3, -0.25) is 0 Å². The summed E-state index contributed by atoms with van der Waals surface area (Å²) in [4.78, 5) is 4.21. The second kappa shape index (κ2) is 3.47. The van der Waals surface area contributed by atoms with E-state index in [4.69, 9.17) is 5.11 Å². The number of hydrogen-bond donors (Lipinski definition) is 1. The van der Waals surface area contributed by atoms with E-state index in [9.17, 15) is 0 Å². The van der Waals surface area contributed by atoms with Gasteiger partial charge in [-0.2, -0.15) is 0 Å². The van der Waals surface area contributed by atoms with Gasteiger partial charge in [-0.25, -0.2) is 4.98 Å². The molecule has 1 heterocycles. The van der Waals surface area contributed by atoms with Crippen molar-refractivity contribution >= 4 is 27.3 Å². The molecule has 0 saturated heterocycles. The molecule has 0 unspecified atom stereocenters. The fraction of sp³-hybridized carbons (Fsp3) is 0. The van der Waals surface area contributed by atoms with Crippen LogP contribution in [0.2, 0.25) is 0 Å². The van der Waals surface area contributed by atoms with Gasteiger partial charge in [0.2, 0.25) is 0 Å². The predicted octanol–water partition coefficient (Wildman–Crippen LogP) is 3.28. The van der Waals surface area contributed by atoms with Crippen molar-refractivity contribution in [2.75, 3.05) is 0 Å². The standard InChI is InChI=1S/C9H6BrNOS/c10-9-8(11-5-13-9)6-1-3-7(12)4-2-6/h1-5,12H. The third-order valence-electron chi connectivity index (χ3n) is 1.66. The van der Waals surface area contributed by atoms with E-state index in [-0.39, 0.29) is 5.75 Å². The summed E-state index contributed by atoms with van der Waals surface area (Å²) in [5.74, 6) is 0.273. The monoisotopic (exact) mass is 255 g/mol. The van der Waals surface area contributed by atoms with Crippen LogP contribution in [-0.2, 0) is 0 Å². The van der Waals surface area contributed by atoms with E-state index < -0.39 is 0 Å². The molecule has 1 N–H and O–H groups in total. The van der Waals surface area contributed by atoms with Crippen LogP contribution < -0.4 is 0 Å². The maximum Gasteiger partial charge on any atom is 0.115 e. The van der Waals surface area contributed by atoms with E-state index >= 15 is 0 Å². The first-order valence-corrected chi connectivity index (χ1v) is 5.33. The van der Waals surface area contributed by atoms with E-state index in [1.165, 1.54) is 0 Å². The molecule has 0 aliphatic heterocycles. The molecule has 0 spiro atoms. The van der Waals surface area contributed by atoms with Crippen molar-refractivity contribution in [3.05, 3.63) is 33.6 Å². The van der Waals surface area contributed by atoms with E-state index in [1.807, 2.05) is 12.1 Å². The van der Waals surface area contributed by atoms with Crippen molar-refractivity contribution in [1.82, 2.24) is 4.98 Å². The molecule has 1 aromatic heterocycles. The molecule has 4 heteroatoms. The molecular weight excluding hydrogens is 250 g/mol. The highest BCUT2D eigenvalue weighted by Crippen LogP contribution is 2.30. The fourth-order valence-corrected chi connectivity index (χ4v) is 2.15. The van der Waals surface area contributed by atoms with E-state index in [1.54, 1.807) is 29.0 Å². The lowest BCUT2D eigenvalue weighted by Crippen LogP contribution is -1.76.